The molecular formula is C45H84O15. The maximum atomic E-state index is 12.9. The monoisotopic (exact) mass is 865 g/mol. The van der Waals surface area contributed by atoms with Gasteiger partial charge in [-0.05, 0) is 12.8 Å². The second-order valence-corrected chi connectivity index (χ2v) is 17.0. The number of aliphatic hydroxyl groups is 7. The van der Waals surface area contributed by atoms with Crippen molar-refractivity contribution in [1.82, 2.24) is 0 Å². The predicted molar refractivity (Wildman–Crippen MR) is 225 cm³/mol. The number of esters is 2. The van der Waals surface area contributed by atoms with Crippen molar-refractivity contribution in [3.63, 3.8) is 0 Å². The van der Waals surface area contributed by atoms with Gasteiger partial charge in [0.1, 0.15) is 55.4 Å². The van der Waals surface area contributed by atoms with Crippen LogP contribution in [0.25, 0.3) is 0 Å². The Balaban J connectivity index is 1.84. The number of carbonyl (C=O) groups excluding carboxylic acids is 2. The van der Waals surface area contributed by atoms with Crippen LogP contribution in [0.4, 0.5) is 0 Å². The first-order valence-electron chi connectivity index (χ1n) is 23.6. The van der Waals surface area contributed by atoms with Gasteiger partial charge in [-0.25, -0.2) is 0 Å². The summed E-state index contributed by atoms with van der Waals surface area (Å²) in [5.74, 6) is -0.917. The van der Waals surface area contributed by atoms with E-state index in [1.54, 1.807) is 0 Å². The van der Waals surface area contributed by atoms with E-state index in [9.17, 15) is 45.3 Å². The van der Waals surface area contributed by atoms with Crippen LogP contribution in [0.5, 0.6) is 0 Å². The molecule has 7 N–H and O–H groups in total. The van der Waals surface area contributed by atoms with Crippen LogP contribution < -0.4 is 0 Å². The van der Waals surface area contributed by atoms with E-state index in [0.29, 0.717) is 12.8 Å². The molecule has 2 fully saturated rings. The van der Waals surface area contributed by atoms with Gasteiger partial charge in [-0.1, -0.05) is 155 Å². The van der Waals surface area contributed by atoms with Gasteiger partial charge in [0.25, 0.3) is 0 Å². The third kappa shape index (κ3) is 22.7. The van der Waals surface area contributed by atoms with E-state index in [-0.39, 0.29) is 26.1 Å². The maximum absolute atomic E-state index is 12.9. The summed E-state index contributed by atoms with van der Waals surface area (Å²) in [6.45, 7) is 2.58. The Morgan fingerprint density at radius 1 is 0.467 bits per heavy atom. The first-order chi connectivity index (χ1) is 29.0. The normalized spacial score (nSPS) is 27.5. The Kier molecular flexibility index (Phi) is 30.9. The molecule has 2 aliphatic rings. The van der Waals surface area contributed by atoms with E-state index in [1.165, 1.54) is 103 Å². The Morgan fingerprint density at radius 2 is 0.850 bits per heavy atom. The number of rotatable bonds is 36. The van der Waals surface area contributed by atoms with Crippen molar-refractivity contribution < 1.29 is 73.8 Å². The highest BCUT2D eigenvalue weighted by molar-refractivity contribution is 5.70. The highest BCUT2D eigenvalue weighted by atomic mass is 16.7. The molecular weight excluding hydrogens is 780 g/mol. The lowest BCUT2D eigenvalue weighted by molar-refractivity contribution is -0.332. The van der Waals surface area contributed by atoms with Gasteiger partial charge in [0.15, 0.2) is 18.7 Å². The molecule has 0 radical (unpaired) electrons. The summed E-state index contributed by atoms with van der Waals surface area (Å²) in [6.07, 6.45) is 11.5. The highest BCUT2D eigenvalue weighted by Crippen LogP contribution is 2.26. The Labute approximate surface area is 359 Å². The average Bonchev–Trinajstić information content (AvgIpc) is 3.24. The van der Waals surface area contributed by atoms with Gasteiger partial charge >= 0.3 is 11.9 Å². The molecule has 0 aliphatic carbocycles. The third-order valence-corrected chi connectivity index (χ3v) is 11.6. The fourth-order valence-electron chi connectivity index (χ4n) is 7.63. The van der Waals surface area contributed by atoms with Gasteiger partial charge in [-0.15, -0.1) is 0 Å². The minimum Gasteiger partial charge on any atom is -0.462 e. The van der Waals surface area contributed by atoms with Gasteiger partial charge in [-0.3, -0.25) is 9.59 Å². The zero-order valence-electron chi connectivity index (χ0n) is 37.0. The van der Waals surface area contributed by atoms with Crippen LogP contribution in [-0.2, 0) is 38.0 Å². The molecule has 0 aromatic carbocycles. The molecule has 11 atom stereocenters. The number of unbranched alkanes of at least 4 members (excludes halogenated alkanes) is 22. The van der Waals surface area contributed by atoms with E-state index in [2.05, 4.69) is 13.8 Å². The molecule has 2 saturated heterocycles. The lowest BCUT2D eigenvalue weighted by Gasteiger charge is -2.42. The summed E-state index contributed by atoms with van der Waals surface area (Å²) in [7, 11) is 0. The van der Waals surface area contributed by atoms with Crippen LogP contribution in [0.2, 0.25) is 0 Å². The molecule has 15 nitrogen and oxygen atoms in total. The molecule has 2 rings (SSSR count). The van der Waals surface area contributed by atoms with E-state index < -0.39 is 92.7 Å². The average molecular weight is 865 g/mol. The fraction of sp³-hybridized carbons (Fsp3) is 0.956. The maximum Gasteiger partial charge on any atom is 0.306 e. The summed E-state index contributed by atoms with van der Waals surface area (Å²) >= 11 is 0. The Hall–Kier alpha value is -1.50. The first kappa shape index (κ1) is 54.6. The second-order valence-electron chi connectivity index (χ2n) is 17.0. The molecule has 0 aromatic rings. The van der Waals surface area contributed by atoms with Crippen molar-refractivity contribution in [3.05, 3.63) is 0 Å². The molecule has 60 heavy (non-hydrogen) atoms. The van der Waals surface area contributed by atoms with E-state index in [1.807, 2.05) is 0 Å². The predicted octanol–water partition coefficient (Wildman–Crippen LogP) is 5.26. The minimum absolute atomic E-state index is 0.173. The molecule has 354 valence electrons. The molecule has 0 amide bonds. The number of hydrogen-bond acceptors (Lipinski definition) is 15. The van der Waals surface area contributed by atoms with Gasteiger partial charge in [0, 0.05) is 12.8 Å². The van der Waals surface area contributed by atoms with Gasteiger partial charge in [-0.2, -0.15) is 0 Å². The van der Waals surface area contributed by atoms with Crippen LogP contribution >= 0.6 is 0 Å². The van der Waals surface area contributed by atoms with Crippen molar-refractivity contribution in [2.45, 2.75) is 248 Å². The van der Waals surface area contributed by atoms with E-state index >= 15 is 0 Å². The highest BCUT2D eigenvalue weighted by Gasteiger charge is 2.47. The van der Waals surface area contributed by atoms with Crippen LogP contribution in [0, 0.1) is 0 Å². The summed E-state index contributed by atoms with van der Waals surface area (Å²) in [4.78, 5) is 25.6. The number of aliphatic hydroxyl groups excluding tert-OH is 7. The van der Waals surface area contributed by atoms with E-state index in [4.69, 9.17) is 28.4 Å². The van der Waals surface area contributed by atoms with Crippen molar-refractivity contribution in [3.8, 4) is 0 Å². The zero-order chi connectivity index (χ0) is 44.0. The molecule has 2 heterocycles. The van der Waals surface area contributed by atoms with Gasteiger partial charge in [0.05, 0.1) is 19.8 Å². The summed E-state index contributed by atoms with van der Waals surface area (Å²) in [5, 5.41) is 71.8. The van der Waals surface area contributed by atoms with Gasteiger partial charge in [0.2, 0.25) is 0 Å². The lowest BCUT2D eigenvalue weighted by Crippen LogP contribution is -2.61. The largest absolute Gasteiger partial charge is 0.462 e. The summed E-state index contributed by atoms with van der Waals surface area (Å²) in [6, 6.07) is 0. The van der Waals surface area contributed by atoms with Crippen LogP contribution in [0.15, 0.2) is 0 Å². The topological polar surface area (TPSA) is 231 Å². The molecule has 4 unspecified atom stereocenters. The molecule has 15 heteroatoms. The van der Waals surface area contributed by atoms with Crippen LogP contribution in [-0.4, -0.2) is 142 Å². The SMILES string of the molecule is CCCCCCCCCCCCCCCCC(=O)O[C@H](COC(=O)CCCCCCCCCCCC)CO[C@@H]1O[C@H](CO[C@@H]2O[C@H](CO)[C@H](O)C(O)C2O)[C@H](O)C(O)C1O. The Morgan fingerprint density at radius 3 is 1.30 bits per heavy atom. The minimum atomic E-state index is -1.76. The molecule has 0 spiro atoms. The van der Waals surface area contributed by atoms with Crippen molar-refractivity contribution in [2.75, 3.05) is 26.4 Å². The lowest BCUT2D eigenvalue weighted by atomic mass is 9.98. The molecule has 0 saturated carbocycles. The van der Waals surface area contributed by atoms with Crippen molar-refractivity contribution >= 4 is 11.9 Å². The first-order valence-corrected chi connectivity index (χ1v) is 23.6. The Bertz CT molecular complexity index is 1070. The molecule has 2 aliphatic heterocycles. The third-order valence-electron chi connectivity index (χ3n) is 11.6. The quantitative estimate of drug-likeness (QED) is 0.0315. The second kappa shape index (κ2) is 34.0. The number of hydrogen-bond donors (Lipinski definition) is 7. The zero-order valence-corrected chi connectivity index (χ0v) is 37.0. The van der Waals surface area contributed by atoms with Crippen molar-refractivity contribution in [1.29, 1.82) is 0 Å². The summed E-state index contributed by atoms with van der Waals surface area (Å²) < 4.78 is 33.5. The summed E-state index contributed by atoms with van der Waals surface area (Å²) in [5.41, 5.74) is 0. The van der Waals surface area contributed by atoms with E-state index in [0.717, 1.165) is 38.5 Å². The molecule has 0 aromatic heterocycles. The molecule has 0 bridgehead atoms. The van der Waals surface area contributed by atoms with Gasteiger partial charge < -0.3 is 64.2 Å². The van der Waals surface area contributed by atoms with Crippen LogP contribution in [0.1, 0.15) is 181 Å². The number of ether oxygens (including phenoxy) is 6. The number of carbonyl (C=O) groups is 2. The fourth-order valence-corrected chi connectivity index (χ4v) is 7.63. The smallest absolute Gasteiger partial charge is 0.306 e. The van der Waals surface area contributed by atoms with Crippen LogP contribution in [0.3, 0.4) is 0 Å². The standard InChI is InChI=1S/C45H84O15/c1-3-5-7-9-11-13-15-16-17-18-20-22-24-26-28-37(48)58-33(30-55-36(47)27-25-23-21-19-14-12-10-8-6-4-2)31-56-44-43(54)41(52)39(50)35(60-44)32-57-45-42(53)40(51)38(49)34(29-46)59-45/h33-35,38-46,49-54H,3-32H2,1-2H3/t33-,34-,35-,38+,39+,40?,41?,42?,43?,44-,45-/m1/s1. The van der Waals surface area contributed by atoms with Crippen molar-refractivity contribution in [2.24, 2.45) is 0 Å².